The van der Waals surface area contributed by atoms with Gasteiger partial charge in [0, 0.05) is 41.2 Å². The first-order valence-corrected chi connectivity index (χ1v) is 15.2. The molecular formula is C33H26F2N6O2S. The zero-order valence-electron chi connectivity index (χ0n) is 23.6. The van der Waals surface area contributed by atoms with Crippen molar-refractivity contribution in [3.8, 4) is 28.3 Å². The summed E-state index contributed by atoms with van der Waals surface area (Å²) >= 11 is 1.34. The summed E-state index contributed by atoms with van der Waals surface area (Å²) in [7, 11) is 1.85. The van der Waals surface area contributed by atoms with Crippen LogP contribution in [0.5, 0.6) is 5.75 Å². The molecule has 1 aliphatic heterocycles. The Bertz CT molecular complexity index is 2060. The molecule has 2 aliphatic rings. The topological polar surface area (TPSA) is 86.9 Å². The van der Waals surface area contributed by atoms with Crippen molar-refractivity contribution in [3.63, 3.8) is 0 Å². The maximum Gasteiger partial charge on any atom is 0.265 e. The predicted molar refractivity (Wildman–Crippen MR) is 164 cm³/mol. The maximum absolute atomic E-state index is 15.1. The molecule has 1 N–H and O–H groups in total. The molecule has 1 fully saturated rings. The third-order valence-corrected chi connectivity index (χ3v) is 9.80. The van der Waals surface area contributed by atoms with Crippen LogP contribution in [-0.2, 0) is 7.05 Å². The minimum Gasteiger partial charge on any atom is -0.487 e. The summed E-state index contributed by atoms with van der Waals surface area (Å²) in [6.45, 7) is 0. The van der Waals surface area contributed by atoms with Crippen molar-refractivity contribution >= 4 is 33.1 Å². The number of nitrogens with one attached hydrogen (secondary N) is 1. The number of amides is 1. The molecule has 3 aromatic heterocycles. The average Bonchev–Trinajstić information content (AvgIpc) is 3.74. The lowest BCUT2D eigenvalue weighted by molar-refractivity contribution is -0.0379. The van der Waals surface area contributed by atoms with Gasteiger partial charge in [-0.25, -0.2) is 13.5 Å². The van der Waals surface area contributed by atoms with E-state index >= 15 is 4.39 Å². The van der Waals surface area contributed by atoms with Crippen molar-refractivity contribution < 1.29 is 18.3 Å². The minimum absolute atomic E-state index is 0.200. The van der Waals surface area contributed by atoms with Gasteiger partial charge in [-0.3, -0.25) is 9.48 Å². The number of rotatable bonds is 5. The summed E-state index contributed by atoms with van der Waals surface area (Å²) in [4.78, 5) is 14.7. The van der Waals surface area contributed by atoms with E-state index in [1.807, 2.05) is 43.4 Å². The quantitative estimate of drug-likeness (QED) is 0.221. The van der Waals surface area contributed by atoms with Crippen molar-refractivity contribution in [1.82, 2.24) is 24.8 Å². The van der Waals surface area contributed by atoms with Gasteiger partial charge in [0.1, 0.15) is 39.2 Å². The Morgan fingerprint density at radius 3 is 2.70 bits per heavy atom. The molecule has 3 aromatic carbocycles. The molecule has 4 heterocycles. The van der Waals surface area contributed by atoms with Gasteiger partial charge in [0.2, 0.25) is 0 Å². The zero-order valence-corrected chi connectivity index (χ0v) is 24.4. The van der Waals surface area contributed by atoms with Gasteiger partial charge >= 0.3 is 0 Å². The first-order chi connectivity index (χ1) is 21.4. The highest BCUT2D eigenvalue weighted by molar-refractivity contribution is 7.20. The fourth-order valence-corrected chi connectivity index (χ4v) is 7.20. The number of hydrogen-bond donors (Lipinski definition) is 1. The Hall–Kier alpha value is -4.90. The molecule has 44 heavy (non-hydrogen) atoms. The summed E-state index contributed by atoms with van der Waals surface area (Å²) in [6.07, 6.45) is 5.21. The lowest BCUT2D eigenvalue weighted by Gasteiger charge is -2.47. The number of aromatic nitrogens is 5. The number of nitrogens with zero attached hydrogens (tertiary/aromatic N) is 5. The third kappa shape index (κ3) is 4.46. The Labute approximate surface area is 254 Å². The highest BCUT2D eigenvalue weighted by atomic mass is 32.1. The number of ether oxygens (including phenoxy) is 1. The predicted octanol–water partition coefficient (Wildman–Crippen LogP) is 7.39. The Kier molecular flexibility index (Phi) is 6.12. The fourth-order valence-electron chi connectivity index (χ4n) is 6.23. The van der Waals surface area contributed by atoms with Crippen molar-refractivity contribution in [1.29, 1.82) is 0 Å². The van der Waals surface area contributed by atoms with Crippen molar-refractivity contribution in [3.05, 3.63) is 101 Å². The molecule has 8 nitrogen and oxygen atoms in total. The van der Waals surface area contributed by atoms with Gasteiger partial charge in [0.05, 0.1) is 17.1 Å². The Morgan fingerprint density at radius 1 is 1.07 bits per heavy atom. The number of thiophene rings is 1. The largest absolute Gasteiger partial charge is 0.487 e. The molecule has 1 spiro atoms. The molecule has 0 saturated heterocycles. The van der Waals surface area contributed by atoms with Crippen LogP contribution in [0.25, 0.3) is 32.7 Å². The van der Waals surface area contributed by atoms with Gasteiger partial charge in [-0.2, -0.15) is 5.10 Å². The molecule has 1 amide bonds. The van der Waals surface area contributed by atoms with Crippen LogP contribution in [0.2, 0.25) is 0 Å². The van der Waals surface area contributed by atoms with Crippen molar-refractivity contribution in [2.75, 3.05) is 5.32 Å². The number of anilines is 1. The van der Waals surface area contributed by atoms with Gasteiger partial charge in [0.15, 0.2) is 0 Å². The van der Waals surface area contributed by atoms with Gasteiger partial charge in [-0.05, 0) is 61.7 Å². The van der Waals surface area contributed by atoms with Gasteiger partial charge in [-0.1, -0.05) is 35.5 Å². The SMILES string of the molecule is Cn1nc(-c2ccccc2)c2cc(C(=O)Nc3ccc(F)c(-c4cn([C@@H]5CC6(CCC6)Oc6ccc(F)cc65)nn4)c3)sc21. The third-order valence-electron chi connectivity index (χ3n) is 8.60. The second-order valence-corrected chi connectivity index (χ2v) is 12.5. The van der Waals surface area contributed by atoms with Crippen LogP contribution in [-0.4, -0.2) is 36.3 Å². The van der Waals surface area contributed by atoms with E-state index in [0.717, 1.165) is 40.7 Å². The first-order valence-electron chi connectivity index (χ1n) is 14.4. The van der Waals surface area contributed by atoms with E-state index in [0.29, 0.717) is 34.0 Å². The Morgan fingerprint density at radius 2 is 1.91 bits per heavy atom. The number of carbonyl (C=O) groups is 1. The lowest BCUT2D eigenvalue weighted by Crippen LogP contribution is -2.48. The van der Waals surface area contributed by atoms with E-state index in [1.54, 1.807) is 27.7 Å². The normalized spacial score (nSPS) is 16.8. The molecule has 1 saturated carbocycles. The molecule has 0 radical (unpaired) electrons. The van der Waals surface area contributed by atoms with Crippen LogP contribution in [0.1, 0.15) is 47.0 Å². The van der Waals surface area contributed by atoms with Crippen molar-refractivity contribution in [2.45, 2.75) is 37.3 Å². The van der Waals surface area contributed by atoms with Gasteiger partial charge in [0.25, 0.3) is 5.91 Å². The molecular weight excluding hydrogens is 582 g/mol. The zero-order chi connectivity index (χ0) is 30.0. The smallest absolute Gasteiger partial charge is 0.265 e. The summed E-state index contributed by atoms with van der Waals surface area (Å²) in [5.41, 5.74) is 3.10. The highest BCUT2D eigenvalue weighted by Crippen LogP contribution is 2.50. The van der Waals surface area contributed by atoms with Crippen LogP contribution in [0.4, 0.5) is 14.5 Å². The molecule has 8 rings (SSSR count). The average molecular weight is 609 g/mol. The van der Waals surface area contributed by atoms with Crippen LogP contribution in [0, 0.1) is 11.6 Å². The Balaban J connectivity index is 1.07. The molecule has 11 heteroatoms. The van der Waals surface area contributed by atoms with Crippen LogP contribution in [0.3, 0.4) is 0 Å². The number of hydrogen-bond acceptors (Lipinski definition) is 6. The standard InChI is InChI=1S/C33H26F2N6O2S/c1-40-32-24(30(38-40)19-6-3-2-4-7-19)16-29(44-32)31(42)36-21-9-10-25(35)22(15-21)26-18-41(39-37-26)27-17-33(12-5-13-33)43-28-11-8-20(34)14-23(27)28/h2-4,6-11,14-16,18,27H,5,12-13,17H2,1H3,(H,36,42)/t27-/m1/s1. The molecule has 0 bridgehead atoms. The van der Waals surface area contributed by atoms with E-state index in [4.69, 9.17) is 4.74 Å². The van der Waals surface area contributed by atoms with E-state index in [2.05, 4.69) is 20.7 Å². The summed E-state index contributed by atoms with van der Waals surface area (Å²) < 4.78 is 39.1. The number of aryl methyl sites for hydroxylation is 1. The van der Waals surface area contributed by atoms with Gasteiger partial charge in [-0.15, -0.1) is 16.4 Å². The molecule has 220 valence electrons. The number of fused-ring (bicyclic) bond motifs is 2. The number of halogens is 2. The van der Waals surface area contributed by atoms with E-state index in [9.17, 15) is 9.18 Å². The van der Waals surface area contributed by atoms with E-state index < -0.39 is 5.82 Å². The second-order valence-electron chi connectivity index (χ2n) is 11.4. The minimum atomic E-state index is -0.496. The second kappa shape index (κ2) is 10.1. The van der Waals surface area contributed by atoms with Crippen molar-refractivity contribution in [2.24, 2.45) is 7.05 Å². The number of benzene rings is 3. The number of carbonyl (C=O) groups excluding carboxylic acids is 1. The molecule has 0 unspecified atom stereocenters. The summed E-state index contributed by atoms with van der Waals surface area (Å²) in [6, 6.07) is 20.3. The van der Waals surface area contributed by atoms with Crippen LogP contribution in [0.15, 0.2) is 79.0 Å². The monoisotopic (exact) mass is 608 g/mol. The molecule has 1 aliphatic carbocycles. The van der Waals surface area contributed by atoms with E-state index in [1.165, 1.54) is 35.6 Å². The first kappa shape index (κ1) is 26.7. The highest BCUT2D eigenvalue weighted by Gasteiger charge is 2.46. The van der Waals surface area contributed by atoms with Crippen LogP contribution >= 0.6 is 11.3 Å². The van der Waals surface area contributed by atoms with Crippen LogP contribution < -0.4 is 10.1 Å². The lowest BCUT2D eigenvalue weighted by atomic mass is 9.73. The van der Waals surface area contributed by atoms with E-state index in [-0.39, 0.29) is 28.9 Å². The summed E-state index contributed by atoms with van der Waals surface area (Å²) in [5.74, 6) is -0.520. The molecule has 6 aromatic rings. The molecule has 1 atom stereocenters. The maximum atomic E-state index is 15.1. The van der Waals surface area contributed by atoms with Gasteiger partial charge < -0.3 is 10.1 Å². The fraction of sp³-hybridized carbons (Fsp3) is 0.212. The summed E-state index contributed by atoms with van der Waals surface area (Å²) in [5, 5.41) is 17.0.